The standard InChI is InChI=1S/C27H27NO5/c1-18-21(6-3-7-23(18)22-10-11-25-26(15-22)33-13-12-32-25)9-8-19-4-2-5-20(14-19)16-28-24(17-29)27(30)31/h2-11,14-15,24,28-29H,12-13,16-17H2,1H3,(H,30,31)/b9-8+. The predicted molar refractivity (Wildman–Crippen MR) is 128 cm³/mol. The number of hydrogen-bond acceptors (Lipinski definition) is 5. The smallest absolute Gasteiger partial charge is 0.323 e. The van der Waals surface area contributed by atoms with E-state index in [0.717, 1.165) is 44.9 Å². The first-order valence-electron chi connectivity index (χ1n) is 10.9. The highest BCUT2D eigenvalue weighted by Gasteiger charge is 2.15. The first-order chi connectivity index (χ1) is 16.0. The molecule has 33 heavy (non-hydrogen) atoms. The van der Waals surface area contributed by atoms with E-state index in [9.17, 15) is 4.79 Å². The Bertz CT molecular complexity index is 1170. The molecule has 0 spiro atoms. The second-order valence-electron chi connectivity index (χ2n) is 7.91. The molecule has 1 unspecified atom stereocenters. The van der Waals surface area contributed by atoms with E-state index in [4.69, 9.17) is 19.7 Å². The van der Waals surface area contributed by atoms with Gasteiger partial charge < -0.3 is 19.7 Å². The first-order valence-corrected chi connectivity index (χ1v) is 10.9. The molecule has 1 aliphatic rings. The number of hydrogen-bond donors (Lipinski definition) is 3. The molecule has 170 valence electrons. The zero-order valence-electron chi connectivity index (χ0n) is 18.5. The summed E-state index contributed by atoms with van der Waals surface area (Å²) in [5.74, 6) is 0.486. The number of aliphatic hydroxyl groups is 1. The maximum Gasteiger partial charge on any atom is 0.323 e. The molecule has 0 saturated carbocycles. The fourth-order valence-corrected chi connectivity index (χ4v) is 3.82. The van der Waals surface area contributed by atoms with Crippen LogP contribution in [0.1, 0.15) is 22.3 Å². The van der Waals surface area contributed by atoms with Crippen molar-refractivity contribution in [2.75, 3.05) is 19.8 Å². The van der Waals surface area contributed by atoms with Crippen molar-refractivity contribution in [3.05, 3.63) is 82.9 Å². The van der Waals surface area contributed by atoms with Gasteiger partial charge in [0.2, 0.25) is 0 Å². The van der Waals surface area contributed by atoms with Crippen molar-refractivity contribution in [3.63, 3.8) is 0 Å². The molecule has 0 aliphatic carbocycles. The van der Waals surface area contributed by atoms with E-state index in [1.807, 2.05) is 48.5 Å². The Morgan fingerprint density at radius 2 is 1.82 bits per heavy atom. The Balaban J connectivity index is 1.52. The summed E-state index contributed by atoms with van der Waals surface area (Å²) < 4.78 is 11.4. The molecule has 1 atom stereocenters. The third kappa shape index (κ3) is 5.42. The molecule has 3 aromatic carbocycles. The van der Waals surface area contributed by atoms with Crippen molar-refractivity contribution in [1.29, 1.82) is 0 Å². The van der Waals surface area contributed by atoms with Crippen LogP contribution >= 0.6 is 0 Å². The molecule has 3 N–H and O–H groups in total. The molecule has 0 aromatic heterocycles. The van der Waals surface area contributed by atoms with Crippen LogP contribution in [0.4, 0.5) is 0 Å². The number of aliphatic hydroxyl groups excluding tert-OH is 1. The molecule has 6 nitrogen and oxygen atoms in total. The molecule has 0 fully saturated rings. The molecule has 0 saturated heterocycles. The number of ether oxygens (including phenoxy) is 2. The minimum absolute atomic E-state index is 0.359. The van der Waals surface area contributed by atoms with Crippen LogP contribution in [0.25, 0.3) is 23.3 Å². The Hall–Kier alpha value is -3.61. The van der Waals surface area contributed by atoms with Gasteiger partial charge in [0.05, 0.1) is 6.61 Å². The van der Waals surface area contributed by atoms with Gasteiger partial charge in [0.1, 0.15) is 19.3 Å². The lowest BCUT2D eigenvalue weighted by Crippen LogP contribution is -2.39. The lowest BCUT2D eigenvalue weighted by atomic mass is 9.95. The molecule has 0 bridgehead atoms. The molecular weight excluding hydrogens is 418 g/mol. The van der Waals surface area contributed by atoms with Gasteiger partial charge >= 0.3 is 5.97 Å². The Labute approximate surface area is 193 Å². The number of carboxylic acids is 1. The van der Waals surface area contributed by atoms with Crippen LogP contribution in [-0.2, 0) is 11.3 Å². The second-order valence-corrected chi connectivity index (χ2v) is 7.91. The van der Waals surface area contributed by atoms with Gasteiger partial charge in [-0.3, -0.25) is 10.1 Å². The van der Waals surface area contributed by atoms with Crippen molar-refractivity contribution in [2.24, 2.45) is 0 Å². The van der Waals surface area contributed by atoms with Gasteiger partial charge in [-0.2, -0.15) is 0 Å². The number of aliphatic carboxylic acids is 1. The summed E-state index contributed by atoms with van der Waals surface area (Å²) in [6.07, 6.45) is 4.12. The van der Waals surface area contributed by atoms with Gasteiger partial charge in [0, 0.05) is 6.54 Å². The van der Waals surface area contributed by atoms with Crippen LogP contribution < -0.4 is 14.8 Å². The predicted octanol–water partition coefficient (Wildman–Crippen LogP) is 4.14. The minimum Gasteiger partial charge on any atom is -0.486 e. The largest absolute Gasteiger partial charge is 0.486 e. The first kappa shape index (κ1) is 22.6. The van der Waals surface area contributed by atoms with Crippen LogP contribution in [-0.4, -0.2) is 42.0 Å². The van der Waals surface area contributed by atoms with E-state index in [0.29, 0.717) is 19.8 Å². The van der Waals surface area contributed by atoms with E-state index in [1.54, 1.807) is 0 Å². The van der Waals surface area contributed by atoms with Crippen LogP contribution in [0.2, 0.25) is 0 Å². The number of nitrogens with one attached hydrogen (secondary N) is 1. The summed E-state index contributed by atoms with van der Waals surface area (Å²) in [7, 11) is 0. The molecule has 4 rings (SSSR count). The van der Waals surface area contributed by atoms with Crippen molar-refractivity contribution in [1.82, 2.24) is 5.32 Å². The topological polar surface area (TPSA) is 88.0 Å². The second kappa shape index (κ2) is 10.3. The third-order valence-electron chi connectivity index (χ3n) is 5.67. The Morgan fingerprint density at radius 1 is 1.03 bits per heavy atom. The third-order valence-corrected chi connectivity index (χ3v) is 5.67. The van der Waals surface area contributed by atoms with Gasteiger partial charge in [-0.25, -0.2) is 0 Å². The van der Waals surface area contributed by atoms with Crippen molar-refractivity contribution >= 4 is 18.1 Å². The van der Waals surface area contributed by atoms with E-state index in [1.165, 1.54) is 0 Å². The van der Waals surface area contributed by atoms with Crippen molar-refractivity contribution in [2.45, 2.75) is 19.5 Å². The maximum atomic E-state index is 11.1. The summed E-state index contributed by atoms with van der Waals surface area (Å²) >= 11 is 0. The number of rotatable bonds is 8. The number of benzene rings is 3. The molecular formula is C27H27NO5. The lowest BCUT2D eigenvalue weighted by molar-refractivity contribution is -0.140. The van der Waals surface area contributed by atoms with Crippen LogP contribution in [0.3, 0.4) is 0 Å². The molecule has 6 heteroatoms. The highest BCUT2D eigenvalue weighted by Crippen LogP contribution is 2.36. The summed E-state index contributed by atoms with van der Waals surface area (Å²) in [6.45, 7) is 3.15. The van der Waals surface area contributed by atoms with Gasteiger partial charge in [-0.1, -0.05) is 60.7 Å². The van der Waals surface area contributed by atoms with Crippen LogP contribution in [0, 0.1) is 6.92 Å². The van der Waals surface area contributed by atoms with Crippen molar-refractivity contribution < 1.29 is 24.5 Å². The Kier molecular flexibility index (Phi) is 7.07. The monoisotopic (exact) mass is 445 g/mol. The summed E-state index contributed by atoms with van der Waals surface area (Å²) in [4.78, 5) is 11.1. The van der Waals surface area contributed by atoms with Gasteiger partial charge in [-0.15, -0.1) is 0 Å². The molecule has 0 radical (unpaired) electrons. The summed E-state index contributed by atoms with van der Waals surface area (Å²) in [5.41, 5.74) is 6.44. The lowest BCUT2D eigenvalue weighted by Gasteiger charge is -2.19. The van der Waals surface area contributed by atoms with E-state index >= 15 is 0 Å². The van der Waals surface area contributed by atoms with Crippen LogP contribution in [0.15, 0.2) is 60.7 Å². The van der Waals surface area contributed by atoms with E-state index < -0.39 is 18.6 Å². The molecule has 1 heterocycles. The minimum atomic E-state index is -1.07. The summed E-state index contributed by atoms with van der Waals surface area (Å²) in [5, 5.41) is 21.1. The zero-order valence-corrected chi connectivity index (χ0v) is 18.5. The highest BCUT2D eigenvalue weighted by atomic mass is 16.6. The molecule has 3 aromatic rings. The number of carbonyl (C=O) groups is 1. The summed E-state index contributed by atoms with van der Waals surface area (Å²) in [6, 6.07) is 19.1. The normalized spacial score (nSPS) is 13.8. The fourth-order valence-electron chi connectivity index (χ4n) is 3.82. The average Bonchev–Trinajstić information content (AvgIpc) is 2.83. The zero-order chi connectivity index (χ0) is 23.2. The highest BCUT2D eigenvalue weighted by molar-refractivity contribution is 5.78. The number of carboxylic acid groups (broad SMARTS) is 1. The molecule has 0 amide bonds. The van der Waals surface area contributed by atoms with E-state index in [2.05, 4.69) is 36.5 Å². The van der Waals surface area contributed by atoms with E-state index in [-0.39, 0.29) is 0 Å². The molecule has 1 aliphatic heterocycles. The quantitative estimate of drug-likeness (QED) is 0.452. The Morgan fingerprint density at radius 3 is 2.61 bits per heavy atom. The average molecular weight is 446 g/mol. The van der Waals surface area contributed by atoms with Crippen LogP contribution in [0.5, 0.6) is 11.5 Å². The van der Waals surface area contributed by atoms with Gasteiger partial charge in [0.25, 0.3) is 0 Å². The SMILES string of the molecule is Cc1c(/C=C/c2cccc(CNC(CO)C(=O)O)c2)cccc1-c1ccc2c(c1)OCCO2. The van der Waals surface area contributed by atoms with Crippen molar-refractivity contribution in [3.8, 4) is 22.6 Å². The van der Waals surface area contributed by atoms with Gasteiger partial charge in [-0.05, 0) is 52.4 Å². The fraction of sp³-hybridized carbons (Fsp3) is 0.222. The number of fused-ring (bicyclic) bond motifs is 1. The maximum absolute atomic E-state index is 11.1. The van der Waals surface area contributed by atoms with Gasteiger partial charge in [0.15, 0.2) is 11.5 Å².